The highest BCUT2D eigenvalue weighted by Crippen LogP contribution is 2.23. The minimum atomic E-state index is -3.70. The number of likely N-dealkylation sites (N-methyl/N-ethyl adjacent to an activating group) is 1. The van der Waals surface area contributed by atoms with Crippen molar-refractivity contribution in [2.75, 3.05) is 19.8 Å². The Hall–Kier alpha value is -1.51. The highest BCUT2D eigenvalue weighted by Gasteiger charge is 2.31. The van der Waals surface area contributed by atoms with E-state index in [1.807, 2.05) is 0 Å². The summed E-state index contributed by atoms with van der Waals surface area (Å²) in [5.41, 5.74) is 0.209. The third kappa shape index (κ3) is 5.23. The van der Waals surface area contributed by atoms with Gasteiger partial charge in [-0.1, -0.05) is 31.0 Å². The van der Waals surface area contributed by atoms with Crippen LogP contribution in [-0.2, 0) is 21.4 Å². The molecule has 2 rings (SSSR count). The number of carbonyl (C=O) groups is 1. The van der Waals surface area contributed by atoms with Crippen LogP contribution in [0.4, 0.5) is 4.39 Å². The standard InChI is InChI=1S/C17H25FN2O4S/c1-19(15-9-5-6-10-16(15)21)17(22)12-20(25(2,23)24)11-13-7-3-4-8-14(13)18/h3-4,7-8,15-16,21H,5-6,9-12H2,1-2H3/t15-,16-/m1/s1. The van der Waals surface area contributed by atoms with Crippen molar-refractivity contribution in [1.29, 1.82) is 0 Å². The summed E-state index contributed by atoms with van der Waals surface area (Å²) in [5.74, 6) is -0.924. The van der Waals surface area contributed by atoms with Crippen LogP contribution in [0.1, 0.15) is 31.2 Å². The number of rotatable bonds is 6. The molecule has 1 aromatic rings. The third-order valence-electron chi connectivity index (χ3n) is 4.67. The van der Waals surface area contributed by atoms with Gasteiger partial charge in [-0.3, -0.25) is 4.79 Å². The molecule has 25 heavy (non-hydrogen) atoms. The molecule has 0 aromatic heterocycles. The van der Waals surface area contributed by atoms with Gasteiger partial charge < -0.3 is 10.0 Å². The number of nitrogens with zero attached hydrogens (tertiary/aromatic N) is 2. The number of amides is 1. The highest BCUT2D eigenvalue weighted by molar-refractivity contribution is 7.88. The molecule has 6 nitrogen and oxygen atoms in total. The van der Waals surface area contributed by atoms with E-state index < -0.39 is 27.9 Å². The van der Waals surface area contributed by atoms with Gasteiger partial charge >= 0.3 is 0 Å². The first kappa shape index (κ1) is 19.8. The van der Waals surface area contributed by atoms with Crippen LogP contribution >= 0.6 is 0 Å². The Morgan fingerprint density at radius 2 is 1.92 bits per heavy atom. The Morgan fingerprint density at radius 3 is 2.52 bits per heavy atom. The van der Waals surface area contributed by atoms with Crippen molar-refractivity contribution in [2.45, 2.75) is 44.4 Å². The van der Waals surface area contributed by atoms with Crippen LogP contribution < -0.4 is 0 Å². The molecule has 0 heterocycles. The fraction of sp³-hybridized carbons (Fsp3) is 0.588. The van der Waals surface area contributed by atoms with E-state index >= 15 is 0 Å². The predicted molar refractivity (Wildman–Crippen MR) is 92.7 cm³/mol. The van der Waals surface area contributed by atoms with Crippen molar-refractivity contribution in [3.63, 3.8) is 0 Å². The fourth-order valence-electron chi connectivity index (χ4n) is 3.10. The summed E-state index contributed by atoms with van der Waals surface area (Å²) in [6.07, 6.45) is 3.56. The Bertz CT molecular complexity index is 710. The van der Waals surface area contributed by atoms with Crippen LogP contribution in [-0.4, -0.2) is 60.6 Å². The molecule has 1 fully saturated rings. The van der Waals surface area contributed by atoms with E-state index in [1.54, 1.807) is 13.1 Å². The van der Waals surface area contributed by atoms with Crippen molar-refractivity contribution in [2.24, 2.45) is 0 Å². The third-order valence-corrected chi connectivity index (χ3v) is 5.87. The quantitative estimate of drug-likeness (QED) is 0.818. The van der Waals surface area contributed by atoms with Crippen LogP contribution in [0.5, 0.6) is 0 Å². The van der Waals surface area contributed by atoms with Crippen LogP contribution in [0.25, 0.3) is 0 Å². The molecule has 1 N–H and O–H groups in total. The maximum Gasteiger partial charge on any atom is 0.237 e. The lowest BCUT2D eigenvalue weighted by Crippen LogP contribution is -2.50. The molecule has 1 saturated carbocycles. The molecule has 0 radical (unpaired) electrons. The lowest BCUT2D eigenvalue weighted by Gasteiger charge is -2.36. The Labute approximate surface area is 148 Å². The first-order chi connectivity index (χ1) is 11.7. The molecule has 1 aliphatic carbocycles. The van der Waals surface area contributed by atoms with Crippen molar-refractivity contribution < 1.29 is 22.7 Å². The number of aliphatic hydroxyl groups excluding tert-OH is 1. The zero-order chi connectivity index (χ0) is 18.6. The zero-order valence-electron chi connectivity index (χ0n) is 14.6. The first-order valence-corrected chi connectivity index (χ1v) is 10.2. The number of carbonyl (C=O) groups excluding carboxylic acids is 1. The average Bonchev–Trinajstić information content (AvgIpc) is 2.55. The number of hydrogen-bond acceptors (Lipinski definition) is 4. The Kier molecular flexibility index (Phi) is 6.53. The van der Waals surface area contributed by atoms with E-state index in [1.165, 1.54) is 23.1 Å². The monoisotopic (exact) mass is 372 g/mol. The molecule has 140 valence electrons. The van der Waals surface area contributed by atoms with Gasteiger partial charge in [0.2, 0.25) is 15.9 Å². The molecule has 0 saturated heterocycles. The molecule has 0 bridgehead atoms. The smallest absolute Gasteiger partial charge is 0.237 e. The molecule has 1 aromatic carbocycles. The average molecular weight is 372 g/mol. The van der Waals surface area contributed by atoms with Crippen molar-refractivity contribution in [3.05, 3.63) is 35.6 Å². The number of hydrogen-bond donors (Lipinski definition) is 1. The van der Waals surface area contributed by atoms with Crippen LogP contribution in [0.3, 0.4) is 0 Å². The van der Waals surface area contributed by atoms with Crippen LogP contribution in [0, 0.1) is 5.82 Å². The minimum Gasteiger partial charge on any atom is -0.391 e. The summed E-state index contributed by atoms with van der Waals surface area (Å²) < 4.78 is 38.8. The van der Waals surface area contributed by atoms with Crippen molar-refractivity contribution in [3.8, 4) is 0 Å². The van der Waals surface area contributed by atoms with E-state index in [0.717, 1.165) is 23.4 Å². The van der Waals surface area contributed by atoms with Crippen molar-refractivity contribution >= 4 is 15.9 Å². The zero-order valence-corrected chi connectivity index (χ0v) is 15.4. The molecular weight excluding hydrogens is 347 g/mol. The molecule has 1 amide bonds. The Morgan fingerprint density at radius 1 is 1.28 bits per heavy atom. The molecule has 0 unspecified atom stereocenters. The van der Waals surface area contributed by atoms with E-state index in [2.05, 4.69) is 0 Å². The second kappa shape index (κ2) is 8.25. The lowest BCUT2D eigenvalue weighted by atomic mass is 9.91. The topological polar surface area (TPSA) is 77.9 Å². The van der Waals surface area contributed by atoms with Gasteiger partial charge in [-0.05, 0) is 18.9 Å². The summed E-state index contributed by atoms with van der Waals surface area (Å²) in [6.45, 7) is -0.592. The van der Waals surface area contributed by atoms with E-state index in [0.29, 0.717) is 12.8 Å². The number of halogens is 1. The number of benzene rings is 1. The molecule has 0 aliphatic heterocycles. The van der Waals surface area contributed by atoms with Gasteiger partial charge in [0.15, 0.2) is 0 Å². The van der Waals surface area contributed by atoms with Gasteiger partial charge in [0, 0.05) is 19.2 Å². The SMILES string of the molecule is CN(C(=O)CN(Cc1ccccc1F)S(C)(=O)=O)[C@@H]1CCCC[C@H]1O. The summed E-state index contributed by atoms with van der Waals surface area (Å²) >= 11 is 0. The number of aliphatic hydroxyl groups is 1. The molecule has 8 heteroatoms. The van der Waals surface area contributed by atoms with Crippen LogP contribution in [0.15, 0.2) is 24.3 Å². The summed E-state index contributed by atoms with van der Waals surface area (Å²) in [7, 11) is -2.12. The van der Waals surface area contributed by atoms with Gasteiger partial charge in [-0.15, -0.1) is 0 Å². The van der Waals surface area contributed by atoms with E-state index in [9.17, 15) is 22.7 Å². The van der Waals surface area contributed by atoms with E-state index in [4.69, 9.17) is 0 Å². The maximum absolute atomic E-state index is 13.8. The normalized spacial score (nSPS) is 21.3. The van der Waals surface area contributed by atoms with Gasteiger partial charge in [0.1, 0.15) is 5.82 Å². The molecule has 1 aliphatic rings. The summed E-state index contributed by atoms with van der Waals surface area (Å²) in [5, 5.41) is 10.1. The van der Waals surface area contributed by atoms with Crippen LogP contribution in [0.2, 0.25) is 0 Å². The minimum absolute atomic E-state index is 0.209. The van der Waals surface area contributed by atoms with Gasteiger partial charge in [0.25, 0.3) is 0 Å². The Balaban J connectivity index is 2.11. The largest absolute Gasteiger partial charge is 0.391 e. The summed E-state index contributed by atoms with van der Waals surface area (Å²) in [6, 6.07) is 5.57. The second-order valence-corrected chi connectivity index (χ2v) is 8.53. The van der Waals surface area contributed by atoms with E-state index in [-0.39, 0.29) is 24.7 Å². The second-order valence-electron chi connectivity index (χ2n) is 6.55. The predicted octanol–water partition coefficient (Wildman–Crippen LogP) is 1.35. The fourth-order valence-corrected chi connectivity index (χ4v) is 3.82. The molecule has 2 atom stereocenters. The van der Waals surface area contributed by atoms with Gasteiger partial charge in [-0.2, -0.15) is 4.31 Å². The van der Waals surface area contributed by atoms with Gasteiger partial charge in [0.05, 0.1) is 24.9 Å². The van der Waals surface area contributed by atoms with Crippen molar-refractivity contribution in [1.82, 2.24) is 9.21 Å². The first-order valence-electron chi connectivity index (χ1n) is 8.32. The summed E-state index contributed by atoms with van der Waals surface area (Å²) in [4.78, 5) is 14.0. The van der Waals surface area contributed by atoms with Gasteiger partial charge in [-0.25, -0.2) is 12.8 Å². The maximum atomic E-state index is 13.8. The highest BCUT2D eigenvalue weighted by atomic mass is 32.2. The lowest BCUT2D eigenvalue weighted by molar-refractivity contribution is -0.135. The number of sulfonamides is 1. The molecular formula is C17H25FN2O4S. The molecule has 0 spiro atoms.